The fourth-order valence-electron chi connectivity index (χ4n) is 2.93. The van der Waals surface area contributed by atoms with Gasteiger partial charge in [0.2, 0.25) is 0 Å². The first-order valence-electron chi connectivity index (χ1n) is 8.76. The summed E-state index contributed by atoms with van der Waals surface area (Å²) in [6.07, 6.45) is 2.10. The number of rotatable bonds is 8. The van der Waals surface area contributed by atoms with Gasteiger partial charge < -0.3 is 16.4 Å². The number of anilines is 1. The molecule has 1 amide bonds. The predicted molar refractivity (Wildman–Crippen MR) is 105 cm³/mol. The molecule has 7 nitrogen and oxygen atoms in total. The molecule has 0 heterocycles. The van der Waals surface area contributed by atoms with Gasteiger partial charge in [0.25, 0.3) is 11.6 Å². The molecule has 0 bridgehead atoms. The van der Waals surface area contributed by atoms with E-state index in [0.29, 0.717) is 29.7 Å². The van der Waals surface area contributed by atoms with Gasteiger partial charge in [-0.1, -0.05) is 29.8 Å². The van der Waals surface area contributed by atoms with Crippen LogP contribution in [0.1, 0.15) is 28.8 Å². The van der Waals surface area contributed by atoms with E-state index in [-0.39, 0.29) is 23.2 Å². The van der Waals surface area contributed by atoms with Crippen molar-refractivity contribution in [3.8, 4) is 0 Å². The highest BCUT2D eigenvalue weighted by atomic mass is 35.5. The Hall–Kier alpha value is -2.64. The lowest BCUT2D eigenvalue weighted by atomic mass is 10.1. The van der Waals surface area contributed by atoms with Crippen LogP contribution in [0.5, 0.6) is 0 Å². The predicted octanol–water partition coefficient (Wildman–Crippen LogP) is 3.33. The fourth-order valence-corrected chi connectivity index (χ4v) is 3.13. The van der Waals surface area contributed by atoms with Crippen molar-refractivity contribution < 1.29 is 9.72 Å². The number of nitrogens with one attached hydrogen (secondary N) is 2. The number of nitro groups is 1. The molecule has 142 valence electrons. The maximum Gasteiger partial charge on any atom is 0.293 e. The Labute approximate surface area is 162 Å². The summed E-state index contributed by atoms with van der Waals surface area (Å²) in [5, 5.41) is 17.9. The minimum absolute atomic E-state index is 0.0884. The number of halogens is 1. The third-order valence-corrected chi connectivity index (χ3v) is 5.01. The van der Waals surface area contributed by atoms with Gasteiger partial charge in [-0.05, 0) is 42.5 Å². The summed E-state index contributed by atoms with van der Waals surface area (Å²) in [5.41, 5.74) is 6.94. The van der Waals surface area contributed by atoms with E-state index in [2.05, 4.69) is 10.6 Å². The first-order valence-corrected chi connectivity index (χ1v) is 9.14. The molecule has 1 unspecified atom stereocenters. The lowest BCUT2D eigenvalue weighted by molar-refractivity contribution is -0.384. The van der Waals surface area contributed by atoms with Crippen LogP contribution < -0.4 is 16.4 Å². The zero-order valence-corrected chi connectivity index (χ0v) is 15.4. The van der Waals surface area contributed by atoms with Crippen molar-refractivity contribution in [2.75, 3.05) is 11.9 Å². The smallest absolute Gasteiger partial charge is 0.293 e. The molecular weight excluding hydrogens is 368 g/mol. The van der Waals surface area contributed by atoms with Gasteiger partial charge in [0.05, 0.1) is 4.92 Å². The minimum atomic E-state index is -0.507. The summed E-state index contributed by atoms with van der Waals surface area (Å²) in [6, 6.07) is 11.6. The second kappa shape index (κ2) is 8.37. The standard InChI is InChI=1S/C19H21ClN4O3/c20-15-4-2-1-3-14(15)11-22-16-8-7-13(9-18(16)24(26)27)19(25)23-17(10-21)12-5-6-12/h1-4,7-9,12,17,22H,5-6,10-11,21H2,(H,23,25). The van der Waals surface area contributed by atoms with Crippen molar-refractivity contribution in [1.29, 1.82) is 0 Å². The Morgan fingerprint density at radius 1 is 1.30 bits per heavy atom. The lowest BCUT2D eigenvalue weighted by Crippen LogP contribution is -2.41. The molecular formula is C19H21ClN4O3. The molecule has 2 aromatic carbocycles. The number of nitrogens with zero attached hydrogens (tertiary/aromatic N) is 1. The van der Waals surface area contributed by atoms with Crippen molar-refractivity contribution in [2.45, 2.75) is 25.4 Å². The van der Waals surface area contributed by atoms with Gasteiger partial charge in [0.15, 0.2) is 0 Å². The number of hydrogen-bond acceptors (Lipinski definition) is 5. The van der Waals surface area contributed by atoms with Crippen LogP contribution in [0.4, 0.5) is 11.4 Å². The molecule has 1 atom stereocenters. The van der Waals surface area contributed by atoms with E-state index in [0.717, 1.165) is 18.4 Å². The molecule has 1 aliphatic carbocycles. The van der Waals surface area contributed by atoms with Crippen LogP contribution in [0.15, 0.2) is 42.5 Å². The monoisotopic (exact) mass is 388 g/mol. The zero-order valence-electron chi connectivity index (χ0n) is 14.7. The third-order valence-electron chi connectivity index (χ3n) is 4.65. The molecule has 3 rings (SSSR count). The number of carbonyl (C=O) groups excluding carboxylic acids is 1. The van der Waals surface area contributed by atoms with Crippen molar-refractivity contribution in [2.24, 2.45) is 11.7 Å². The Morgan fingerprint density at radius 2 is 2.04 bits per heavy atom. The van der Waals surface area contributed by atoms with Gasteiger partial charge in [0.1, 0.15) is 5.69 Å². The van der Waals surface area contributed by atoms with Gasteiger partial charge in [0, 0.05) is 35.8 Å². The van der Waals surface area contributed by atoms with Crippen LogP contribution in [-0.4, -0.2) is 23.4 Å². The summed E-state index contributed by atoms with van der Waals surface area (Å²) >= 11 is 6.12. The Balaban J connectivity index is 1.75. The van der Waals surface area contributed by atoms with E-state index in [1.807, 2.05) is 18.2 Å². The lowest BCUT2D eigenvalue weighted by Gasteiger charge is -2.16. The average Bonchev–Trinajstić information content (AvgIpc) is 3.50. The zero-order chi connectivity index (χ0) is 19.4. The molecule has 2 aromatic rings. The molecule has 4 N–H and O–H groups in total. The highest BCUT2D eigenvalue weighted by Gasteiger charge is 2.31. The largest absolute Gasteiger partial charge is 0.375 e. The molecule has 8 heteroatoms. The van der Waals surface area contributed by atoms with Gasteiger partial charge in [-0.2, -0.15) is 0 Å². The van der Waals surface area contributed by atoms with Crippen molar-refractivity contribution in [3.05, 3.63) is 68.7 Å². The third kappa shape index (κ3) is 4.75. The number of carbonyl (C=O) groups is 1. The summed E-state index contributed by atoms with van der Waals surface area (Å²) < 4.78 is 0. The maximum atomic E-state index is 12.4. The Kier molecular flexibility index (Phi) is 5.93. The van der Waals surface area contributed by atoms with E-state index < -0.39 is 4.92 Å². The molecule has 0 radical (unpaired) electrons. The highest BCUT2D eigenvalue weighted by Crippen LogP contribution is 2.32. The summed E-state index contributed by atoms with van der Waals surface area (Å²) in [7, 11) is 0. The van der Waals surface area contributed by atoms with Crippen LogP contribution in [0.25, 0.3) is 0 Å². The second-order valence-electron chi connectivity index (χ2n) is 6.59. The van der Waals surface area contributed by atoms with Gasteiger partial charge in [-0.15, -0.1) is 0 Å². The summed E-state index contributed by atoms with van der Waals surface area (Å²) in [5.74, 6) is 0.0589. The van der Waals surface area contributed by atoms with E-state index in [1.165, 1.54) is 6.07 Å². The quantitative estimate of drug-likeness (QED) is 0.474. The van der Waals surface area contributed by atoms with Crippen LogP contribution in [-0.2, 0) is 6.54 Å². The normalized spacial score (nSPS) is 14.4. The topological polar surface area (TPSA) is 110 Å². The molecule has 0 aliphatic heterocycles. The molecule has 0 aromatic heterocycles. The second-order valence-corrected chi connectivity index (χ2v) is 6.99. The average molecular weight is 389 g/mol. The molecule has 0 saturated heterocycles. The van der Waals surface area contributed by atoms with Crippen molar-refractivity contribution >= 4 is 28.9 Å². The van der Waals surface area contributed by atoms with Crippen LogP contribution in [0, 0.1) is 16.0 Å². The molecule has 0 spiro atoms. The highest BCUT2D eigenvalue weighted by molar-refractivity contribution is 6.31. The van der Waals surface area contributed by atoms with Gasteiger partial charge in [-0.25, -0.2) is 0 Å². The fraction of sp³-hybridized carbons (Fsp3) is 0.316. The molecule has 1 saturated carbocycles. The van der Waals surface area contributed by atoms with Gasteiger partial charge in [-0.3, -0.25) is 14.9 Å². The first-order chi connectivity index (χ1) is 13.0. The number of amides is 1. The van der Waals surface area contributed by atoms with Crippen molar-refractivity contribution in [1.82, 2.24) is 5.32 Å². The number of hydrogen-bond donors (Lipinski definition) is 3. The van der Waals surface area contributed by atoms with Crippen molar-refractivity contribution in [3.63, 3.8) is 0 Å². The van der Waals surface area contributed by atoms with Crippen LogP contribution in [0.3, 0.4) is 0 Å². The SMILES string of the molecule is NCC(NC(=O)c1ccc(NCc2ccccc2Cl)c([N+](=O)[O-])c1)C1CC1. The summed E-state index contributed by atoms with van der Waals surface area (Å²) in [6.45, 7) is 0.693. The molecule has 1 fully saturated rings. The maximum absolute atomic E-state index is 12.4. The van der Waals surface area contributed by atoms with Crippen LogP contribution in [0.2, 0.25) is 5.02 Å². The Bertz CT molecular complexity index is 855. The van der Waals surface area contributed by atoms with E-state index in [9.17, 15) is 14.9 Å². The number of benzene rings is 2. The number of nitro benzene ring substituents is 1. The summed E-state index contributed by atoms with van der Waals surface area (Å²) in [4.78, 5) is 23.4. The minimum Gasteiger partial charge on any atom is -0.375 e. The van der Waals surface area contributed by atoms with E-state index in [1.54, 1.807) is 18.2 Å². The van der Waals surface area contributed by atoms with E-state index in [4.69, 9.17) is 17.3 Å². The number of nitrogens with two attached hydrogens (primary N) is 1. The molecule has 27 heavy (non-hydrogen) atoms. The van der Waals surface area contributed by atoms with E-state index >= 15 is 0 Å². The van der Waals surface area contributed by atoms with Crippen LogP contribution >= 0.6 is 11.6 Å². The Morgan fingerprint density at radius 3 is 2.67 bits per heavy atom. The molecule has 1 aliphatic rings. The first kappa shape index (κ1) is 19.1. The van der Waals surface area contributed by atoms with Gasteiger partial charge >= 0.3 is 0 Å².